The molecule has 0 radical (unpaired) electrons. The molecule has 0 bridgehead atoms. The molecule has 0 spiro atoms. The third-order valence-corrected chi connectivity index (χ3v) is 2.86. The molecule has 0 unspecified atom stereocenters. The van der Waals surface area contributed by atoms with Crippen molar-refractivity contribution >= 4 is 5.78 Å². The number of Topliss-reactive ketones (excluding diaryl/α,β-unsaturated/α-hetero) is 1. The Hall–Kier alpha value is -2.23. The zero-order valence-corrected chi connectivity index (χ0v) is 10.6. The van der Waals surface area contributed by atoms with Crippen molar-refractivity contribution in [1.29, 1.82) is 0 Å². The van der Waals surface area contributed by atoms with Gasteiger partial charge in [-0.3, -0.25) is 9.78 Å². The predicted molar refractivity (Wildman–Crippen MR) is 69.8 cm³/mol. The van der Waals surface area contributed by atoms with Gasteiger partial charge in [0.25, 0.3) is 0 Å². The standard InChI is InChI=1S/C15H14FNO2/c1-19-15-5-3-12(10-13(15)16)14(18)4-2-11-6-8-17-9-7-11/h3,5-10H,2,4H2,1H3. The number of carbonyl (C=O) groups excluding carboxylic acids is 1. The molecule has 0 N–H and O–H groups in total. The number of aromatic nitrogens is 1. The van der Waals surface area contributed by atoms with Crippen molar-refractivity contribution < 1.29 is 13.9 Å². The van der Waals surface area contributed by atoms with Crippen LogP contribution in [0.15, 0.2) is 42.7 Å². The highest BCUT2D eigenvalue weighted by Gasteiger charge is 2.10. The van der Waals surface area contributed by atoms with Gasteiger partial charge < -0.3 is 4.74 Å². The summed E-state index contributed by atoms with van der Waals surface area (Å²) in [6.45, 7) is 0. The molecule has 2 aromatic rings. The van der Waals surface area contributed by atoms with E-state index in [2.05, 4.69) is 4.98 Å². The van der Waals surface area contributed by atoms with E-state index >= 15 is 0 Å². The number of hydrogen-bond acceptors (Lipinski definition) is 3. The number of hydrogen-bond donors (Lipinski definition) is 0. The van der Waals surface area contributed by atoms with Crippen LogP contribution in [0.2, 0.25) is 0 Å². The molecule has 0 atom stereocenters. The van der Waals surface area contributed by atoms with Crippen LogP contribution in [0.25, 0.3) is 0 Å². The van der Waals surface area contributed by atoms with Gasteiger partial charge in [-0.1, -0.05) is 0 Å². The molecule has 1 heterocycles. The number of pyridine rings is 1. The van der Waals surface area contributed by atoms with Crippen LogP contribution in [-0.4, -0.2) is 17.9 Å². The minimum atomic E-state index is -0.516. The molecular weight excluding hydrogens is 245 g/mol. The Kier molecular flexibility index (Phi) is 4.23. The maximum Gasteiger partial charge on any atom is 0.165 e. The van der Waals surface area contributed by atoms with Crippen molar-refractivity contribution in [2.24, 2.45) is 0 Å². The number of halogens is 1. The number of aryl methyl sites for hydroxylation is 1. The molecule has 1 aromatic carbocycles. The van der Waals surface area contributed by atoms with Crippen molar-refractivity contribution in [2.75, 3.05) is 7.11 Å². The number of benzene rings is 1. The molecule has 3 nitrogen and oxygen atoms in total. The molecule has 98 valence electrons. The van der Waals surface area contributed by atoms with Crippen molar-refractivity contribution in [3.63, 3.8) is 0 Å². The molecule has 0 aliphatic rings. The van der Waals surface area contributed by atoms with Gasteiger partial charge in [0, 0.05) is 24.4 Å². The third-order valence-electron chi connectivity index (χ3n) is 2.86. The number of rotatable bonds is 5. The molecule has 0 aliphatic carbocycles. The van der Waals surface area contributed by atoms with E-state index in [1.807, 2.05) is 12.1 Å². The summed E-state index contributed by atoms with van der Waals surface area (Å²) in [6.07, 6.45) is 4.34. The highest BCUT2D eigenvalue weighted by Crippen LogP contribution is 2.19. The quantitative estimate of drug-likeness (QED) is 0.775. The first-order valence-electron chi connectivity index (χ1n) is 5.96. The first-order chi connectivity index (χ1) is 9.20. The molecule has 1 aromatic heterocycles. The lowest BCUT2D eigenvalue weighted by molar-refractivity contribution is 0.0982. The van der Waals surface area contributed by atoms with Gasteiger partial charge in [0.15, 0.2) is 17.3 Å². The second-order valence-electron chi connectivity index (χ2n) is 4.13. The normalized spacial score (nSPS) is 10.2. The molecule has 0 aliphatic heterocycles. The van der Waals surface area contributed by atoms with Gasteiger partial charge in [-0.05, 0) is 42.3 Å². The van der Waals surface area contributed by atoms with Crippen molar-refractivity contribution in [1.82, 2.24) is 4.98 Å². The van der Waals surface area contributed by atoms with E-state index in [0.29, 0.717) is 18.4 Å². The smallest absolute Gasteiger partial charge is 0.165 e. The Morgan fingerprint density at radius 1 is 1.26 bits per heavy atom. The van der Waals surface area contributed by atoms with E-state index in [4.69, 9.17) is 4.74 Å². The highest BCUT2D eigenvalue weighted by molar-refractivity contribution is 5.96. The molecular formula is C15H14FNO2. The van der Waals surface area contributed by atoms with E-state index in [-0.39, 0.29) is 11.5 Å². The first-order valence-corrected chi connectivity index (χ1v) is 5.96. The van der Waals surface area contributed by atoms with Crippen LogP contribution in [-0.2, 0) is 6.42 Å². The summed E-state index contributed by atoms with van der Waals surface area (Å²) in [4.78, 5) is 15.9. The van der Waals surface area contributed by atoms with Crippen LogP contribution in [0.5, 0.6) is 5.75 Å². The van der Waals surface area contributed by atoms with Gasteiger partial charge >= 0.3 is 0 Å². The minimum Gasteiger partial charge on any atom is -0.494 e. The number of methoxy groups -OCH3 is 1. The maximum atomic E-state index is 13.5. The maximum absolute atomic E-state index is 13.5. The van der Waals surface area contributed by atoms with Crippen molar-refractivity contribution in [3.8, 4) is 5.75 Å². The summed E-state index contributed by atoms with van der Waals surface area (Å²) in [6, 6.07) is 7.99. The minimum absolute atomic E-state index is 0.0848. The Bertz CT molecular complexity index is 570. The van der Waals surface area contributed by atoms with Crippen LogP contribution in [0.3, 0.4) is 0 Å². The lowest BCUT2D eigenvalue weighted by atomic mass is 10.0. The van der Waals surface area contributed by atoms with Crippen LogP contribution in [0.1, 0.15) is 22.3 Å². The first kappa shape index (κ1) is 13.2. The van der Waals surface area contributed by atoms with E-state index < -0.39 is 5.82 Å². The van der Waals surface area contributed by atoms with Crippen molar-refractivity contribution in [3.05, 3.63) is 59.7 Å². The molecule has 19 heavy (non-hydrogen) atoms. The van der Waals surface area contributed by atoms with Gasteiger partial charge in [-0.2, -0.15) is 0 Å². The number of nitrogens with zero attached hydrogens (tertiary/aromatic N) is 1. The molecule has 0 saturated carbocycles. The summed E-state index contributed by atoms with van der Waals surface area (Å²) in [5.74, 6) is -0.457. The summed E-state index contributed by atoms with van der Waals surface area (Å²) in [5.41, 5.74) is 1.41. The molecule has 4 heteroatoms. The lowest BCUT2D eigenvalue weighted by Gasteiger charge is -2.05. The lowest BCUT2D eigenvalue weighted by Crippen LogP contribution is -2.02. The van der Waals surface area contributed by atoms with Crippen LogP contribution in [0.4, 0.5) is 4.39 Å². The Balaban J connectivity index is 2.02. The molecule has 0 fully saturated rings. The SMILES string of the molecule is COc1ccc(C(=O)CCc2ccncc2)cc1F. The van der Waals surface area contributed by atoms with Crippen LogP contribution >= 0.6 is 0 Å². The monoisotopic (exact) mass is 259 g/mol. The number of carbonyl (C=O) groups is 1. The van der Waals surface area contributed by atoms with E-state index in [9.17, 15) is 9.18 Å². The fourth-order valence-corrected chi connectivity index (χ4v) is 1.79. The Morgan fingerprint density at radius 3 is 2.63 bits per heavy atom. The zero-order valence-electron chi connectivity index (χ0n) is 10.6. The van der Waals surface area contributed by atoms with Gasteiger partial charge in [-0.15, -0.1) is 0 Å². The van der Waals surface area contributed by atoms with Gasteiger partial charge in [0.05, 0.1) is 7.11 Å². The topological polar surface area (TPSA) is 39.2 Å². The highest BCUT2D eigenvalue weighted by atomic mass is 19.1. The summed E-state index contributed by atoms with van der Waals surface area (Å²) >= 11 is 0. The molecule has 0 amide bonds. The number of ketones is 1. The van der Waals surface area contributed by atoms with E-state index in [0.717, 1.165) is 5.56 Å². The van der Waals surface area contributed by atoms with Gasteiger partial charge in [0.1, 0.15) is 0 Å². The number of ether oxygens (including phenoxy) is 1. The van der Waals surface area contributed by atoms with Crippen LogP contribution in [0, 0.1) is 5.82 Å². The predicted octanol–water partition coefficient (Wildman–Crippen LogP) is 3.04. The Morgan fingerprint density at radius 2 is 2.00 bits per heavy atom. The summed E-state index contributed by atoms with van der Waals surface area (Å²) in [7, 11) is 1.39. The average molecular weight is 259 g/mol. The van der Waals surface area contributed by atoms with Crippen LogP contribution < -0.4 is 4.74 Å². The second kappa shape index (κ2) is 6.09. The van der Waals surface area contributed by atoms with E-state index in [1.54, 1.807) is 18.5 Å². The third kappa shape index (κ3) is 3.37. The van der Waals surface area contributed by atoms with Gasteiger partial charge in [-0.25, -0.2) is 4.39 Å². The molecule has 0 saturated heterocycles. The van der Waals surface area contributed by atoms with Crippen molar-refractivity contribution in [2.45, 2.75) is 12.8 Å². The van der Waals surface area contributed by atoms with E-state index in [1.165, 1.54) is 19.2 Å². The molecule has 2 rings (SSSR count). The largest absolute Gasteiger partial charge is 0.494 e. The second-order valence-corrected chi connectivity index (χ2v) is 4.13. The summed E-state index contributed by atoms with van der Waals surface area (Å²) < 4.78 is 18.3. The fourth-order valence-electron chi connectivity index (χ4n) is 1.79. The fraction of sp³-hybridized carbons (Fsp3) is 0.200. The van der Waals surface area contributed by atoms with Gasteiger partial charge in [0.2, 0.25) is 0 Å². The Labute approximate surface area is 111 Å². The zero-order chi connectivity index (χ0) is 13.7. The summed E-state index contributed by atoms with van der Waals surface area (Å²) in [5, 5.41) is 0. The average Bonchev–Trinajstić information content (AvgIpc) is 2.45.